The normalized spacial score (nSPS) is 35.3. The molecule has 23 heavy (non-hydrogen) atoms. The van der Waals surface area contributed by atoms with Crippen LogP contribution in [0.5, 0.6) is 0 Å². The van der Waals surface area contributed by atoms with Gasteiger partial charge in [-0.25, -0.2) is 0 Å². The van der Waals surface area contributed by atoms with Crippen LogP contribution >= 0.6 is 0 Å². The van der Waals surface area contributed by atoms with Gasteiger partial charge in [0.05, 0.1) is 6.10 Å². The van der Waals surface area contributed by atoms with Crippen LogP contribution in [0.4, 0.5) is 0 Å². The summed E-state index contributed by atoms with van der Waals surface area (Å²) in [5.74, 6) is 1.13. The topological polar surface area (TPSA) is 26.3 Å². The fourth-order valence-corrected chi connectivity index (χ4v) is 6.27. The van der Waals surface area contributed by atoms with Crippen molar-refractivity contribution >= 4 is 14.1 Å². The summed E-state index contributed by atoms with van der Waals surface area (Å²) >= 11 is 0. The Hall–Kier alpha value is -0.413. The van der Waals surface area contributed by atoms with E-state index >= 15 is 0 Å². The summed E-state index contributed by atoms with van der Waals surface area (Å²) < 4.78 is 6.89. The minimum atomic E-state index is -1.72. The van der Waals surface area contributed by atoms with Crippen molar-refractivity contribution in [2.45, 2.75) is 96.9 Å². The molecule has 0 aromatic carbocycles. The third-order valence-electron chi connectivity index (χ3n) is 7.42. The molecule has 0 spiro atoms. The summed E-state index contributed by atoms with van der Waals surface area (Å²) in [5, 5.41) is 0.276. The largest absolute Gasteiger partial charge is 0.413 e. The Kier molecular flexibility index (Phi) is 4.20. The quantitative estimate of drug-likeness (QED) is 0.483. The van der Waals surface area contributed by atoms with Gasteiger partial charge in [0.1, 0.15) is 5.78 Å². The maximum atomic E-state index is 11.8. The van der Waals surface area contributed by atoms with Crippen LogP contribution in [0.25, 0.3) is 0 Å². The number of allylic oxidation sites excluding steroid dienone is 2. The number of fused-ring (bicyclic) bond motifs is 2. The highest BCUT2D eigenvalue weighted by atomic mass is 28.4. The predicted octanol–water partition coefficient (Wildman–Crippen LogP) is 5.64. The van der Waals surface area contributed by atoms with Gasteiger partial charge in [0, 0.05) is 12.8 Å². The van der Waals surface area contributed by atoms with Crippen LogP contribution in [0.2, 0.25) is 18.1 Å². The van der Waals surface area contributed by atoms with Crippen LogP contribution in [0, 0.1) is 11.3 Å². The number of hydrogen-bond acceptors (Lipinski definition) is 2. The van der Waals surface area contributed by atoms with Crippen molar-refractivity contribution in [2.75, 3.05) is 0 Å². The first kappa shape index (κ1) is 17.4. The van der Waals surface area contributed by atoms with Crippen molar-refractivity contribution in [1.82, 2.24) is 0 Å². The number of Topliss-reactive ketones (excluding diaryl/α,β-unsaturated/α-hetero) is 1. The molecule has 130 valence electrons. The summed E-state index contributed by atoms with van der Waals surface area (Å²) in [7, 11) is -1.72. The maximum absolute atomic E-state index is 11.8. The van der Waals surface area contributed by atoms with E-state index in [-0.39, 0.29) is 5.04 Å². The molecular weight excluding hydrogens is 300 g/mol. The van der Waals surface area contributed by atoms with Gasteiger partial charge < -0.3 is 4.43 Å². The lowest BCUT2D eigenvalue weighted by Crippen LogP contribution is -2.48. The third-order valence-corrected chi connectivity index (χ3v) is 11.9. The lowest BCUT2D eigenvalue weighted by atomic mass is 9.63. The Bertz CT molecular complexity index is 540. The molecule has 0 amide bonds. The van der Waals surface area contributed by atoms with Gasteiger partial charge in [-0.15, -0.1) is 0 Å². The molecule has 1 saturated carbocycles. The average molecular weight is 335 g/mol. The third kappa shape index (κ3) is 2.88. The van der Waals surface area contributed by atoms with E-state index in [1.165, 1.54) is 24.8 Å². The first-order valence-electron chi connectivity index (χ1n) is 9.45. The Labute approximate surface area is 143 Å². The highest BCUT2D eigenvalue weighted by Crippen LogP contribution is 2.58. The smallest absolute Gasteiger partial charge is 0.192 e. The van der Waals surface area contributed by atoms with Gasteiger partial charge in [-0.2, -0.15) is 0 Å². The van der Waals surface area contributed by atoms with E-state index in [1.54, 1.807) is 5.57 Å². The van der Waals surface area contributed by atoms with Crippen molar-refractivity contribution in [2.24, 2.45) is 11.3 Å². The molecule has 0 N–H and O–H groups in total. The standard InChI is InChI=1S/C20H34O2Si/c1-19(2,3)23(5,6)22-18-10-9-17-16-8-7-15(21)13-14(16)11-12-20(17,18)4/h17-18H,7-13H2,1-6H3/t17-,18-,20-/m0/s1. The van der Waals surface area contributed by atoms with E-state index < -0.39 is 8.32 Å². The molecule has 0 saturated heterocycles. The molecule has 3 heteroatoms. The summed E-state index contributed by atoms with van der Waals surface area (Å²) in [4.78, 5) is 11.8. The van der Waals surface area contributed by atoms with E-state index in [9.17, 15) is 4.79 Å². The summed E-state index contributed by atoms with van der Waals surface area (Å²) in [6.45, 7) is 14.3. The number of carbonyl (C=O) groups is 1. The number of ketones is 1. The number of carbonyl (C=O) groups excluding carboxylic acids is 1. The van der Waals surface area contributed by atoms with Gasteiger partial charge in [0.15, 0.2) is 8.32 Å². The zero-order chi connectivity index (χ0) is 17.0. The van der Waals surface area contributed by atoms with E-state index in [0.29, 0.717) is 23.2 Å². The molecule has 0 unspecified atom stereocenters. The zero-order valence-corrected chi connectivity index (χ0v) is 16.9. The van der Waals surface area contributed by atoms with Crippen molar-refractivity contribution in [3.8, 4) is 0 Å². The van der Waals surface area contributed by atoms with Gasteiger partial charge in [-0.3, -0.25) is 4.79 Å². The second-order valence-electron chi connectivity index (χ2n) is 9.85. The monoisotopic (exact) mass is 334 g/mol. The summed E-state index contributed by atoms with van der Waals surface area (Å²) in [6, 6.07) is 0. The summed E-state index contributed by atoms with van der Waals surface area (Å²) in [6.07, 6.45) is 7.78. The lowest BCUT2D eigenvalue weighted by molar-refractivity contribution is -0.119. The SMILES string of the molecule is CC(C)(C)[Si](C)(C)O[C@H]1CC[C@H]2C3=C(CC[C@]12C)CC(=O)CC3. The lowest BCUT2D eigenvalue weighted by Gasteiger charge is -2.47. The predicted molar refractivity (Wildman–Crippen MR) is 98.0 cm³/mol. The second-order valence-corrected chi connectivity index (χ2v) is 14.6. The van der Waals surface area contributed by atoms with Crippen molar-refractivity contribution in [3.05, 3.63) is 11.1 Å². The van der Waals surface area contributed by atoms with Crippen LogP contribution in [-0.2, 0) is 9.22 Å². The molecule has 3 aliphatic rings. The van der Waals surface area contributed by atoms with E-state index in [0.717, 1.165) is 25.7 Å². The molecule has 3 atom stereocenters. The summed E-state index contributed by atoms with van der Waals surface area (Å²) in [5.41, 5.74) is 3.45. The molecule has 0 aromatic rings. The van der Waals surface area contributed by atoms with Gasteiger partial charge in [0.25, 0.3) is 0 Å². The van der Waals surface area contributed by atoms with E-state index in [2.05, 4.69) is 40.8 Å². The zero-order valence-electron chi connectivity index (χ0n) is 15.9. The van der Waals surface area contributed by atoms with Crippen molar-refractivity contribution in [1.29, 1.82) is 0 Å². The highest BCUT2D eigenvalue weighted by molar-refractivity contribution is 6.74. The second kappa shape index (κ2) is 5.55. The van der Waals surface area contributed by atoms with E-state index in [4.69, 9.17) is 4.43 Å². The number of hydrogen-bond donors (Lipinski definition) is 0. The highest BCUT2D eigenvalue weighted by Gasteiger charge is 2.53. The molecule has 3 rings (SSSR count). The van der Waals surface area contributed by atoms with Crippen LogP contribution in [0.3, 0.4) is 0 Å². The molecule has 0 bridgehead atoms. The molecule has 0 aliphatic heterocycles. The van der Waals surface area contributed by atoms with Crippen LogP contribution in [0.15, 0.2) is 11.1 Å². The molecule has 3 aliphatic carbocycles. The molecule has 0 radical (unpaired) electrons. The van der Waals surface area contributed by atoms with Crippen LogP contribution < -0.4 is 0 Å². The van der Waals surface area contributed by atoms with Crippen molar-refractivity contribution in [3.63, 3.8) is 0 Å². The minimum absolute atomic E-state index is 0.276. The van der Waals surface area contributed by atoms with Gasteiger partial charge >= 0.3 is 0 Å². The van der Waals surface area contributed by atoms with Gasteiger partial charge in [0.2, 0.25) is 0 Å². The maximum Gasteiger partial charge on any atom is 0.192 e. The molecular formula is C20H34O2Si. The molecule has 0 heterocycles. The van der Waals surface area contributed by atoms with Gasteiger partial charge in [-0.1, -0.05) is 38.8 Å². The first-order valence-corrected chi connectivity index (χ1v) is 12.4. The fraction of sp³-hybridized carbons (Fsp3) is 0.850. The average Bonchev–Trinajstić information content (AvgIpc) is 2.74. The number of rotatable bonds is 2. The van der Waals surface area contributed by atoms with Crippen LogP contribution in [-0.4, -0.2) is 20.2 Å². The molecule has 1 fully saturated rings. The fourth-order valence-electron chi connectivity index (χ4n) is 4.82. The van der Waals surface area contributed by atoms with Gasteiger partial charge in [-0.05, 0) is 61.6 Å². The van der Waals surface area contributed by atoms with Crippen molar-refractivity contribution < 1.29 is 9.22 Å². The van der Waals surface area contributed by atoms with Crippen LogP contribution in [0.1, 0.15) is 72.6 Å². The Morgan fingerprint density at radius 3 is 2.48 bits per heavy atom. The molecule has 0 aromatic heterocycles. The van der Waals surface area contributed by atoms with E-state index in [1.807, 2.05) is 0 Å². The Morgan fingerprint density at radius 2 is 1.83 bits per heavy atom. The molecule has 2 nitrogen and oxygen atoms in total. The minimum Gasteiger partial charge on any atom is -0.413 e. The first-order chi connectivity index (χ1) is 10.5. The Balaban J connectivity index is 1.83. The Morgan fingerprint density at radius 1 is 1.13 bits per heavy atom.